The van der Waals surface area contributed by atoms with Gasteiger partial charge in [0.25, 0.3) is 0 Å². The topological polar surface area (TPSA) is 17.1 Å². The molecule has 74 valence electrons. The molecule has 1 aliphatic carbocycles. The largest absolute Gasteiger partial charge is 0.300 e. The first-order chi connectivity index (χ1) is 6.59. The molecule has 1 fully saturated rings. The molecule has 1 aromatic rings. The van der Waals surface area contributed by atoms with Crippen LogP contribution in [0.15, 0.2) is 18.2 Å². The lowest BCUT2D eigenvalue weighted by molar-refractivity contribution is -0.118. The van der Waals surface area contributed by atoms with Crippen LogP contribution in [0.5, 0.6) is 0 Å². The van der Waals surface area contributed by atoms with Crippen molar-refractivity contribution in [3.63, 3.8) is 0 Å². The third kappa shape index (κ3) is 1.67. The maximum atomic E-state index is 13.3. The highest BCUT2D eigenvalue weighted by Gasteiger charge is 2.43. The summed E-state index contributed by atoms with van der Waals surface area (Å²) in [5.41, 5.74) is 0.581. The van der Waals surface area contributed by atoms with E-state index in [1.807, 2.05) is 0 Å². The van der Waals surface area contributed by atoms with E-state index in [0.29, 0.717) is 10.6 Å². The highest BCUT2D eigenvalue weighted by atomic mass is 35.5. The van der Waals surface area contributed by atoms with E-state index < -0.39 is 0 Å². The Bertz CT molecular complexity index is 389. The van der Waals surface area contributed by atoms with Gasteiger partial charge in [-0.3, -0.25) is 4.79 Å². The van der Waals surface area contributed by atoms with Crippen LogP contribution in [0.3, 0.4) is 0 Å². The van der Waals surface area contributed by atoms with Crippen LogP contribution in [0.2, 0.25) is 5.02 Å². The minimum absolute atomic E-state index is 0.00275. The monoisotopic (exact) mass is 212 g/mol. The van der Waals surface area contributed by atoms with E-state index in [1.54, 1.807) is 13.0 Å². The van der Waals surface area contributed by atoms with E-state index in [0.717, 1.165) is 6.42 Å². The van der Waals surface area contributed by atoms with Crippen molar-refractivity contribution in [3.05, 3.63) is 34.6 Å². The molecule has 0 aliphatic heterocycles. The standard InChI is InChI=1S/C11H10ClFO/c1-6(14)8-5-9(8)10-4-7(12)2-3-11(10)13/h2-4,8-9H,5H2,1H3. The fraction of sp³-hybridized carbons (Fsp3) is 0.364. The van der Waals surface area contributed by atoms with Crippen LogP contribution < -0.4 is 0 Å². The van der Waals surface area contributed by atoms with Crippen LogP contribution in [-0.2, 0) is 4.79 Å². The van der Waals surface area contributed by atoms with Gasteiger partial charge in [0, 0.05) is 10.9 Å². The van der Waals surface area contributed by atoms with E-state index in [1.165, 1.54) is 12.1 Å². The predicted molar refractivity (Wildman–Crippen MR) is 52.9 cm³/mol. The molecular weight excluding hydrogens is 203 g/mol. The first kappa shape index (κ1) is 9.66. The molecule has 0 spiro atoms. The molecule has 2 rings (SSSR count). The maximum absolute atomic E-state index is 13.3. The molecule has 0 heterocycles. The zero-order chi connectivity index (χ0) is 10.3. The molecule has 0 radical (unpaired) electrons. The summed E-state index contributed by atoms with van der Waals surface area (Å²) in [6.07, 6.45) is 0.757. The van der Waals surface area contributed by atoms with Crippen molar-refractivity contribution in [1.29, 1.82) is 0 Å². The second-order valence-electron chi connectivity index (χ2n) is 3.73. The Kier molecular flexibility index (Phi) is 2.31. The summed E-state index contributed by atoms with van der Waals surface area (Å²) in [5, 5.41) is 0.524. The van der Waals surface area contributed by atoms with Gasteiger partial charge in [-0.25, -0.2) is 4.39 Å². The Labute approximate surface area is 86.9 Å². The summed E-state index contributed by atoms with van der Waals surface area (Å²) in [4.78, 5) is 11.0. The van der Waals surface area contributed by atoms with Crippen LogP contribution in [0.25, 0.3) is 0 Å². The van der Waals surface area contributed by atoms with Crippen molar-refractivity contribution in [2.24, 2.45) is 5.92 Å². The third-order valence-electron chi connectivity index (χ3n) is 2.67. The van der Waals surface area contributed by atoms with Gasteiger partial charge in [0.2, 0.25) is 0 Å². The van der Waals surface area contributed by atoms with Crippen molar-refractivity contribution in [2.45, 2.75) is 19.3 Å². The normalized spacial score (nSPS) is 24.8. The molecule has 1 saturated carbocycles. The molecule has 2 unspecified atom stereocenters. The van der Waals surface area contributed by atoms with E-state index in [-0.39, 0.29) is 23.4 Å². The Morgan fingerprint density at radius 3 is 2.86 bits per heavy atom. The summed E-state index contributed by atoms with van der Waals surface area (Å²) in [7, 11) is 0. The quantitative estimate of drug-likeness (QED) is 0.736. The third-order valence-corrected chi connectivity index (χ3v) is 2.91. The number of halogens is 2. The Balaban J connectivity index is 2.26. The number of benzene rings is 1. The summed E-state index contributed by atoms with van der Waals surface area (Å²) in [5.74, 6) is -0.0771. The molecule has 0 aromatic heterocycles. The highest BCUT2D eigenvalue weighted by molar-refractivity contribution is 6.30. The molecule has 0 amide bonds. The van der Waals surface area contributed by atoms with Gasteiger partial charge in [0.15, 0.2) is 0 Å². The molecule has 0 N–H and O–H groups in total. The summed E-state index contributed by atoms with van der Waals surface area (Å²) in [6.45, 7) is 1.55. The van der Waals surface area contributed by atoms with Gasteiger partial charge in [-0.15, -0.1) is 0 Å². The van der Waals surface area contributed by atoms with E-state index >= 15 is 0 Å². The number of hydrogen-bond acceptors (Lipinski definition) is 1. The molecule has 0 bridgehead atoms. The van der Waals surface area contributed by atoms with Crippen LogP contribution >= 0.6 is 11.6 Å². The second kappa shape index (κ2) is 3.35. The zero-order valence-electron chi connectivity index (χ0n) is 7.76. The predicted octanol–water partition coefficient (Wildman–Crippen LogP) is 3.17. The van der Waals surface area contributed by atoms with Gasteiger partial charge < -0.3 is 0 Å². The number of hydrogen-bond donors (Lipinski definition) is 0. The fourth-order valence-electron chi connectivity index (χ4n) is 1.79. The molecular formula is C11H10ClFO. The molecule has 14 heavy (non-hydrogen) atoms. The van der Waals surface area contributed by atoms with Crippen LogP contribution in [-0.4, -0.2) is 5.78 Å². The van der Waals surface area contributed by atoms with Gasteiger partial charge in [-0.1, -0.05) is 11.6 Å². The number of ketones is 1. The van der Waals surface area contributed by atoms with Gasteiger partial charge in [0.05, 0.1) is 0 Å². The van der Waals surface area contributed by atoms with Gasteiger partial charge in [-0.2, -0.15) is 0 Å². The maximum Gasteiger partial charge on any atom is 0.133 e. The van der Waals surface area contributed by atoms with E-state index in [9.17, 15) is 9.18 Å². The Morgan fingerprint density at radius 2 is 2.29 bits per heavy atom. The van der Waals surface area contributed by atoms with E-state index in [4.69, 9.17) is 11.6 Å². The molecule has 1 aliphatic rings. The zero-order valence-corrected chi connectivity index (χ0v) is 8.51. The average Bonchev–Trinajstić information content (AvgIpc) is 2.88. The average molecular weight is 213 g/mol. The molecule has 1 nitrogen and oxygen atoms in total. The number of Topliss-reactive ketones (excluding diaryl/α,β-unsaturated/α-hetero) is 1. The first-order valence-corrected chi connectivity index (χ1v) is 4.93. The summed E-state index contributed by atoms with van der Waals surface area (Å²) < 4.78 is 13.3. The fourth-order valence-corrected chi connectivity index (χ4v) is 1.97. The van der Waals surface area contributed by atoms with Crippen LogP contribution in [0, 0.1) is 11.7 Å². The Morgan fingerprint density at radius 1 is 1.57 bits per heavy atom. The smallest absolute Gasteiger partial charge is 0.133 e. The molecule has 2 atom stereocenters. The SMILES string of the molecule is CC(=O)C1CC1c1cc(Cl)ccc1F. The van der Waals surface area contributed by atoms with Crippen LogP contribution in [0.1, 0.15) is 24.8 Å². The van der Waals surface area contributed by atoms with Crippen molar-refractivity contribution in [2.75, 3.05) is 0 Å². The first-order valence-electron chi connectivity index (χ1n) is 4.55. The second-order valence-corrected chi connectivity index (χ2v) is 4.16. The molecule has 0 saturated heterocycles. The van der Waals surface area contributed by atoms with Crippen molar-refractivity contribution in [1.82, 2.24) is 0 Å². The van der Waals surface area contributed by atoms with Crippen molar-refractivity contribution in [3.8, 4) is 0 Å². The number of carbonyl (C=O) groups excluding carboxylic acids is 1. The lowest BCUT2D eigenvalue weighted by Crippen LogP contribution is -1.96. The summed E-state index contributed by atoms with van der Waals surface area (Å²) >= 11 is 5.76. The van der Waals surface area contributed by atoms with Gasteiger partial charge >= 0.3 is 0 Å². The number of carbonyl (C=O) groups is 1. The lowest BCUT2D eigenvalue weighted by atomic mass is 10.1. The minimum atomic E-state index is -0.261. The lowest BCUT2D eigenvalue weighted by Gasteiger charge is -2.01. The van der Waals surface area contributed by atoms with Crippen molar-refractivity contribution >= 4 is 17.4 Å². The highest BCUT2D eigenvalue weighted by Crippen LogP contribution is 2.49. The van der Waals surface area contributed by atoms with Gasteiger partial charge in [-0.05, 0) is 43.0 Å². The van der Waals surface area contributed by atoms with Gasteiger partial charge in [0.1, 0.15) is 11.6 Å². The summed E-state index contributed by atoms with van der Waals surface area (Å²) in [6, 6.07) is 4.49. The van der Waals surface area contributed by atoms with E-state index in [2.05, 4.69) is 0 Å². The van der Waals surface area contributed by atoms with Crippen molar-refractivity contribution < 1.29 is 9.18 Å². The number of rotatable bonds is 2. The van der Waals surface area contributed by atoms with Crippen LogP contribution in [0.4, 0.5) is 4.39 Å². The molecule has 3 heteroatoms. The minimum Gasteiger partial charge on any atom is -0.300 e. The Hall–Kier alpha value is -0.890. The molecule has 1 aromatic carbocycles.